The van der Waals surface area contributed by atoms with E-state index < -0.39 is 5.92 Å². The van der Waals surface area contributed by atoms with Crippen molar-refractivity contribution >= 4 is 0 Å². The second kappa shape index (κ2) is 4.81. The van der Waals surface area contributed by atoms with Crippen molar-refractivity contribution < 1.29 is 18.3 Å². The Hall–Kier alpha value is -1.83. The molecule has 0 spiro atoms. The van der Waals surface area contributed by atoms with Gasteiger partial charge in [0.25, 0.3) is 5.92 Å². The minimum Gasteiger partial charge on any atom is -0.490 e. The molecule has 0 saturated heterocycles. The Morgan fingerprint density at radius 2 is 1.89 bits per heavy atom. The molecule has 1 aromatic rings. The van der Waals surface area contributed by atoms with Gasteiger partial charge in [-0.05, 0) is 17.7 Å². The van der Waals surface area contributed by atoms with Crippen molar-refractivity contribution in [2.45, 2.75) is 25.7 Å². The monoisotopic (exact) mass is 253 g/mol. The molecule has 0 aliphatic carbocycles. The van der Waals surface area contributed by atoms with Crippen LogP contribution in [0.15, 0.2) is 12.1 Å². The van der Waals surface area contributed by atoms with Crippen molar-refractivity contribution in [1.82, 2.24) is 0 Å². The molecule has 18 heavy (non-hydrogen) atoms. The Kier molecular flexibility index (Phi) is 3.37. The van der Waals surface area contributed by atoms with Crippen LogP contribution in [0.3, 0.4) is 0 Å². The summed E-state index contributed by atoms with van der Waals surface area (Å²) in [6.45, 7) is 1.74. The van der Waals surface area contributed by atoms with Gasteiger partial charge in [0, 0.05) is 18.9 Å². The molecule has 0 atom stereocenters. The molecule has 0 bridgehead atoms. The van der Waals surface area contributed by atoms with Gasteiger partial charge < -0.3 is 9.47 Å². The quantitative estimate of drug-likeness (QED) is 0.813. The van der Waals surface area contributed by atoms with E-state index in [9.17, 15) is 8.78 Å². The summed E-state index contributed by atoms with van der Waals surface area (Å²) >= 11 is 0. The van der Waals surface area contributed by atoms with Crippen molar-refractivity contribution in [1.29, 1.82) is 5.26 Å². The van der Waals surface area contributed by atoms with Crippen LogP contribution in [0.4, 0.5) is 8.78 Å². The highest BCUT2D eigenvalue weighted by molar-refractivity contribution is 5.49. The Balaban J connectivity index is 2.51. The second-order valence-electron chi connectivity index (χ2n) is 4.23. The summed E-state index contributed by atoms with van der Waals surface area (Å²) in [7, 11) is 0. The number of hydrogen-bond donors (Lipinski definition) is 0. The Morgan fingerprint density at radius 3 is 2.44 bits per heavy atom. The van der Waals surface area contributed by atoms with Gasteiger partial charge in [0.05, 0.1) is 25.7 Å². The summed E-state index contributed by atoms with van der Waals surface area (Å²) in [6, 6.07) is 4.66. The molecule has 0 fully saturated rings. The minimum atomic E-state index is -3.00. The van der Waals surface area contributed by atoms with Crippen molar-refractivity contribution in [3.05, 3.63) is 23.3 Å². The molecule has 2 rings (SSSR count). The fraction of sp³-hybridized carbons (Fsp3) is 0.462. The minimum absolute atomic E-state index is 0.0740. The molecule has 0 aromatic heterocycles. The fourth-order valence-corrected chi connectivity index (χ4v) is 1.89. The van der Waals surface area contributed by atoms with E-state index in [4.69, 9.17) is 14.7 Å². The van der Waals surface area contributed by atoms with Gasteiger partial charge in [-0.3, -0.25) is 0 Å². The van der Waals surface area contributed by atoms with Crippen LogP contribution in [0, 0.1) is 11.3 Å². The van der Waals surface area contributed by atoms with E-state index in [0.717, 1.165) is 6.92 Å². The molecule has 0 unspecified atom stereocenters. The van der Waals surface area contributed by atoms with Crippen LogP contribution >= 0.6 is 0 Å². The molecule has 96 valence electrons. The summed E-state index contributed by atoms with van der Waals surface area (Å²) in [5, 5.41) is 8.70. The molecule has 0 amide bonds. The number of benzene rings is 1. The third kappa shape index (κ3) is 2.53. The zero-order chi connectivity index (χ0) is 13.2. The molecule has 3 nitrogen and oxygen atoms in total. The molecule has 0 radical (unpaired) electrons. The van der Waals surface area contributed by atoms with Gasteiger partial charge in [-0.25, -0.2) is 8.78 Å². The maximum absolute atomic E-state index is 13.5. The van der Waals surface area contributed by atoms with E-state index in [0.29, 0.717) is 31.1 Å². The van der Waals surface area contributed by atoms with Gasteiger partial charge in [-0.2, -0.15) is 5.26 Å². The number of hydrogen-bond acceptors (Lipinski definition) is 3. The van der Waals surface area contributed by atoms with E-state index >= 15 is 0 Å². The Labute approximate surface area is 104 Å². The van der Waals surface area contributed by atoms with E-state index in [2.05, 4.69) is 0 Å². The summed E-state index contributed by atoms with van der Waals surface area (Å²) in [6.07, 6.45) is 0.634. The van der Waals surface area contributed by atoms with Crippen molar-refractivity contribution in [2.24, 2.45) is 0 Å². The van der Waals surface area contributed by atoms with E-state index in [-0.39, 0.29) is 17.5 Å². The van der Waals surface area contributed by atoms with Gasteiger partial charge in [0.15, 0.2) is 11.5 Å². The highest BCUT2D eigenvalue weighted by Gasteiger charge is 2.30. The van der Waals surface area contributed by atoms with E-state index in [1.165, 1.54) is 12.1 Å². The third-order valence-corrected chi connectivity index (χ3v) is 2.72. The summed E-state index contributed by atoms with van der Waals surface area (Å²) in [5.41, 5.74) is 0.113. The van der Waals surface area contributed by atoms with Gasteiger partial charge in [0.2, 0.25) is 0 Å². The first kappa shape index (κ1) is 12.6. The number of alkyl halides is 2. The highest BCUT2D eigenvalue weighted by atomic mass is 19.3. The summed E-state index contributed by atoms with van der Waals surface area (Å²) in [4.78, 5) is 0. The zero-order valence-electron chi connectivity index (χ0n) is 10.0. The van der Waals surface area contributed by atoms with Crippen LogP contribution in [-0.4, -0.2) is 13.2 Å². The van der Waals surface area contributed by atoms with E-state index in [1.807, 2.05) is 6.07 Å². The fourth-order valence-electron chi connectivity index (χ4n) is 1.89. The van der Waals surface area contributed by atoms with Crippen LogP contribution in [-0.2, 0) is 12.3 Å². The molecular formula is C13H13F2NO2. The molecular weight excluding hydrogens is 240 g/mol. The lowest BCUT2D eigenvalue weighted by molar-refractivity contribution is 0.0164. The molecule has 1 aliphatic rings. The first-order valence-corrected chi connectivity index (χ1v) is 5.70. The third-order valence-electron chi connectivity index (χ3n) is 2.72. The lowest BCUT2D eigenvalue weighted by atomic mass is 9.99. The van der Waals surface area contributed by atoms with Crippen LogP contribution < -0.4 is 9.47 Å². The molecule has 1 aromatic carbocycles. The Bertz CT molecular complexity index is 489. The van der Waals surface area contributed by atoms with Crippen molar-refractivity contribution in [3.8, 4) is 17.6 Å². The summed E-state index contributed by atoms with van der Waals surface area (Å²) < 4.78 is 37.8. The first-order valence-electron chi connectivity index (χ1n) is 5.70. The topological polar surface area (TPSA) is 42.2 Å². The number of nitriles is 1. The maximum Gasteiger partial charge on any atom is 0.270 e. The smallest absolute Gasteiger partial charge is 0.270 e. The standard InChI is InChI=1S/C13H13F2NO2/c1-13(14,15)10-8-12-11(7-9(10)3-4-16)17-5-2-6-18-12/h7-8H,2-3,5-6H2,1H3. The average Bonchev–Trinajstić information content (AvgIpc) is 2.51. The predicted octanol–water partition coefficient (Wildman–Crippen LogP) is 3.03. The Morgan fingerprint density at radius 1 is 1.28 bits per heavy atom. The lowest BCUT2D eigenvalue weighted by Gasteiger charge is -2.17. The van der Waals surface area contributed by atoms with Crippen molar-refractivity contribution in [3.63, 3.8) is 0 Å². The first-order chi connectivity index (χ1) is 8.52. The number of nitrogens with zero attached hydrogens (tertiary/aromatic N) is 1. The van der Waals surface area contributed by atoms with Gasteiger partial charge in [0.1, 0.15) is 0 Å². The number of halogens is 2. The van der Waals surface area contributed by atoms with Gasteiger partial charge in [-0.15, -0.1) is 0 Å². The molecule has 5 heteroatoms. The van der Waals surface area contributed by atoms with Gasteiger partial charge >= 0.3 is 0 Å². The number of fused-ring (bicyclic) bond motifs is 1. The SMILES string of the molecule is CC(F)(F)c1cc2c(cc1CC#N)OCCCO2. The zero-order valence-corrected chi connectivity index (χ0v) is 10.0. The molecule has 0 saturated carbocycles. The van der Waals surface area contributed by atoms with Crippen LogP contribution in [0.2, 0.25) is 0 Å². The van der Waals surface area contributed by atoms with Crippen LogP contribution in [0.1, 0.15) is 24.5 Å². The number of rotatable bonds is 2. The molecule has 1 heterocycles. The predicted molar refractivity (Wildman–Crippen MR) is 60.9 cm³/mol. The maximum atomic E-state index is 13.5. The van der Waals surface area contributed by atoms with Crippen LogP contribution in [0.5, 0.6) is 11.5 Å². The van der Waals surface area contributed by atoms with E-state index in [1.54, 1.807) is 0 Å². The van der Waals surface area contributed by atoms with Crippen molar-refractivity contribution in [2.75, 3.05) is 13.2 Å². The summed E-state index contributed by atoms with van der Waals surface area (Å²) in [5.74, 6) is -2.24. The number of ether oxygens (including phenoxy) is 2. The van der Waals surface area contributed by atoms with Gasteiger partial charge in [-0.1, -0.05) is 0 Å². The molecule has 1 aliphatic heterocycles. The normalized spacial score (nSPS) is 14.8. The second-order valence-corrected chi connectivity index (χ2v) is 4.23. The van der Waals surface area contributed by atoms with Crippen LogP contribution in [0.25, 0.3) is 0 Å². The highest BCUT2D eigenvalue weighted by Crippen LogP contribution is 2.39. The average molecular weight is 253 g/mol. The largest absolute Gasteiger partial charge is 0.490 e. The lowest BCUT2D eigenvalue weighted by Crippen LogP contribution is -2.11. The molecule has 0 N–H and O–H groups in total.